The average Bonchev–Trinajstić information content (AvgIpc) is 2.83. The summed E-state index contributed by atoms with van der Waals surface area (Å²) in [5, 5.41) is 0. The van der Waals surface area contributed by atoms with E-state index >= 15 is 0 Å². The summed E-state index contributed by atoms with van der Waals surface area (Å²) < 4.78 is 2.15. The monoisotopic (exact) mass is 292 g/mol. The predicted octanol–water partition coefficient (Wildman–Crippen LogP) is 2.41. The molecule has 0 radical (unpaired) electrons. The van der Waals surface area contributed by atoms with E-state index < -0.39 is 0 Å². The van der Waals surface area contributed by atoms with Gasteiger partial charge >= 0.3 is 0 Å². The van der Waals surface area contributed by atoms with E-state index in [0.717, 1.165) is 24.3 Å². The largest absolute Gasteiger partial charge is 0.355 e. The molecule has 2 N–H and O–H groups in total. The Morgan fingerprint density at radius 2 is 2.25 bits per heavy atom. The molecule has 2 aromatic heterocycles. The van der Waals surface area contributed by atoms with E-state index in [4.69, 9.17) is 10.7 Å². The van der Waals surface area contributed by atoms with E-state index in [2.05, 4.69) is 35.7 Å². The van der Waals surface area contributed by atoms with Crippen LogP contribution >= 0.6 is 11.8 Å². The predicted molar refractivity (Wildman–Crippen MR) is 88.8 cm³/mol. The highest BCUT2D eigenvalue weighted by Crippen LogP contribution is 2.24. The third-order valence-corrected chi connectivity index (χ3v) is 4.37. The zero-order chi connectivity index (χ0) is 14.5. The lowest BCUT2D eigenvalue weighted by Gasteiger charge is -2.25. The highest BCUT2D eigenvalue weighted by atomic mass is 32.2. The maximum Gasteiger partial charge on any atom is 0.151 e. The SMILES string of the molecule is CSCCC(C)N(C)c1nc2ccccn2c1CCN. The number of hydrogen-bond donors (Lipinski definition) is 1. The van der Waals surface area contributed by atoms with Gasteiger partial charge < -0.3 is 15.0 Å². The van der Waals surface area contributed by atoms with Crippen LogP contribution in [0.5, 0.6) is 0 Å². The molecule has 110 valence electrons. The van der Waals surface area contributed by atoms with Crippen LogP contribution < -0.4 is 10.6 Å². The molecular formula is C15H24N4S. The van der Waals surface area contributed by atoms with Gasteiger partial charge in [0.15, 0.2) is 5.82 Å². The number of rotatable bonds is 7. The lowest BCUT2D eigenvalue weighted by molar-refractivity contribution is 0.659. The highest BCUT2D eigenvalue weighted by Gasteiger charge is 2.18. The van der Waals surface area contributed by atoms with E-state index in [1.54, 1.807) is 0 Å². The van der Waals surface area contributed by atoms with Crippen molar-refractivity contribution in [1.82, 2.24) is 9.38 Å². The molecule has 0 saturated carbocycles. The fourth-order valence-electron chi connectivity index (χ4n) is 2.38. The van der Waals surface area contributed by atoms with Gasteiger partial charge in [-0.1, -0.05) is 6.07 Å². The number of pyridine rings is 1. The first kappa shape index (κ1) is 15.2. The van der Waals surface area contributed by atoms with Gasteiger partial charge in [-0.3, -0.25) is 0 Å². The van der Waals surface area contributed by atoms with Gasteiger partial charge in [-0.15, -0.1) is 0 Å². The summed E-state index contributed by atoms with van der Waals surface area (Å²) in [7, 11) is 2.13. The smallest absolute Gasteiger partial charge is 0.151 e. The standard InChI is InChI=1S/C15H24N4S/c1-12(8-11-20-3)18(2)15-13(7-9-16)19-10-5-4-6-14(19)17-15/h4-6,10,12H,7-9,11,16H2,1-3H3. The van der Waals surface area contributed by atoms with Crippen LogP contribution in [-0.2, 0) is 6.42 Å². The molecule has 0 spiro atoms. The molecular weight excluding hydrogens is 268 g/mol. The summed E-state index contributed by atoms with van der Waals surface area (Å²) in [6.45, 7) is 2.90. The van der Waals surface area contributed by atoms with Gasteiger partial charge in [0.2, 0.25) is 0 Å². The Kier molecular flexibility index (Phi) is 5.31. The number of anilines is 1. The second-order valence-electron chi connectivity index (χ2n) is 5.09. The molecule has 5 heteroatoms. The first-order valence-electron chi connectivity index (χ1n) is 7.06. The van der Waals surface area contributed by atoms with Crippen molar-refractivity contribution in [3.63, 3.8) is 0 Å². The minimum absolute atomic E-state index is 0.476. The van der Waals surface area contributed by atoms with Crippen molar-refractivity contribution in [3.8, 4) is 0 Å². The Hall–Kier alpha value is -1.20. The molecule has 1 unspecified atom stereocenters. The van der Waals surface area contributed by atoms with Crippen LogP contribution in [0.2, 0.25) is 0 Å². The van der Waals surface area contributed by atoms with Crippen LogP contribution in [-0.4, -0.2) is 41.0 Å². The van der Waals surface area contributed by atoms with Gasteiger partial charge in [-0.25, -0.2) is 4.98 Å². The van der Waals surface area contributed by atoms with Gasteiger partial charge in [-0.2, -0.15) is 11.8 Å². The minimum Gasteiger partial charge on any atom is -0.355 e. The van der Waals surface area contributed by atoms with Gasteiger partial charge in [-0.05, 0) is 44.0 Å². The van der Waals surface area contributed by atoms with Crippen LogP contribution in [0.3, 0.4) is 0 Å². The molecule has 0 fully saturated rings. The fourth-order valence-corrected chi connectivity index (χ4v) is 2.95. The molecule has 0 amide bonds. The number of imidazole rings is 1. The van der Waals surface area contributed by atoms with Gasteiger partial charge in [0.05, 0.1) is 5.69 Å². The summed E-state index contributed by atoms with van der Waals surface area (Å²) in [6.07, 6.45) is 6.22. The number of nitrogens with two attached hydrogens (primary N) is 1. The lowest BCUT2D eigenvalue weighted by atomic mass is 10.2. The van der Waals surface area contributed by atoms with E-state index in [-0.39, 0.29) is 0 Å². The second-order valence-corrected chi connectivity index (χ2v) is 6.08. The van der Waals surface area contributed by atoms with E-state index in [9.17, 15) is 0 Å². The van der Waals surface area contributed by atoms with E-state index in [1.807, 2.05) is 30.0 Å². The molecule has 0 saturated heterocycles. The molecule has 0 aliphatic heterocycles. The molecule has 2 rings (SSSR count). The van der Waals surface area contributed by atoms with Crippen molar-refractivity contribution >= 4 is 23.2 Å². The van der Waals surface area contributed by atoms with Crippen molar-refractivity contribution in [1.29, 1.82) is 0 Å². The molecule has 0 aliphatic rings. The number of thioether (sulfide) groups is 1. The fraction of sp³-hybridized carbons (Fsp3) is 0.533. The number of nitrogens with zero attached hydrogens (tertiary/aromatic N) is 3. The van der Waals surface area contributed by atoms with Gasteiger partial charge in [0.25, 0.3) is 0 Å². The first-order valence-corrected chi connectivity index (χ1v) is 8.46. The van der Waals surface area contributed by atoms with Crippen molar-refractivity contribution in [2.24, 2.45) is 5.73 Å². The molecule has 0 bridgehead atoms. The molecule has 2 heterocycles. The lowest BCUT2D eigenvalue weighted by Crippen LogP contribution is -2.30. The van der Waals surface area contributed by atoms with Crippen molar-refractivity contribution in [2.75, 3.05) is 30.5 Å². The molecule has 0 aromatic carbocycles. The number of fused-ring (bicyclic) bond motifs is 1. The molecule has 4 nitrogen and oxygen atoms in total. The topological polar surface area (TPSA) is 46.6 Å². The summed E-state index contributed by atoms with van der Waals surface area (Å²) in [5.41, 5.74) is 7.98. The maximum atomic E-state index is 5.77. The summed E-state index contributed by atoms with van der Waals surface area (Å²) in [4.78, 5) is 7.07. The third kappa shape index (κ3) is 3.10. The molecule has 0 aliphatic carbocycles. The summed E-state index contributed by atoms with van der Waals surface area (Å²) in [6, 6.07) is 6.58. The maximum absolute atomic E-state index is 5.77. The Bertz CT molecular complexity index is 552. The van der Waals surface area contributed by atoms with Crippen LogP contribution in [0.1, 0.15) is 19.0 Å². The normalized spacial score (nSPS) is 12.8. The van der Waals surface area contributed by atoms with Crippen LogP contribution in [0, 0.1) is 0 Å². The summed E-state index contributed by atoms with van der Waals surface area (Å²) in [5.74, 6) is 2.24. The Balaban J connectivity index is 2.34. The van der Waals surface area contributed by atoms with Crippen molar-refractivity contribution < 1.29 is 0 Å². The van der Waals surface area contributed by atoms with E-state index in [0.29, 0.717) is 12.6 Å². The Morgan fingerprint density at radius 1 is 1.45 bits per heavy atom. The zero-order valence-electron chi connectivity index (χ0n) is 12.5. The minimum atomic E-state index is 0.476. The van der Waals surface area contributed by atoms with Gasteiger partial charge in [0.1, 0.15) is 5.65 Å². The van der Waals surface area contributed by atoms with E-state index in [1.165, 1.54) is 11.4 Å². The molecule has 1 atom stereocenters. The average molecular weight is 292 g/mol. The second kappa shape index (κ2) is 6.99. The van der Waals surface area contributed by atoms with Crippen LogP contribution in [0.15, 0.2) is 24.4 Å². The molecule has 20 heavy (non-hydrogen) atoms. The Labute approximate surface area is 125 Å². The Morgan fingerprint density at radius 3 is 2.95 bits per heavy atom. The molecule has 2 aromatic rings. The van der Waals surface area contributed by atoms with Crippen molar-refractivity contribution in [2.45, 2.75) is 25.8 Å². The van der Waals surface area contributed by atoms with Gasteiger partial charge in [0, 0.05) is 25.7 Å². The highest BCUT2D eigenvalue weighted by molar-refractivity contribution is 7.98. The third-order valence-electron chi connectivity index (χ3n) is 3.72. The quantitative estimate of drug-likeness (QED) is 0.851. The first-order chi connectivity index (χ1) is 9.69. The van der Waals surface area contributed by atoms with Crippen molar-refractivity contribution in [3.05, 3.63) is 30.1 Å². The van der Waals surface area contributed by atoms with Crippen LogP contribution in [0.25, 0.3) is 5.65 Å². The van der Waals surface area contributed by atoms with Crippen LogP contribution in [0.4, 0.5) is 5.82 Å². The zero-order valence-corrected chi connectivity index (χ0v) is 13.4. The number of aromatic nitrogens is 2. The summed E-state index contributed by atoms with van der Waals surface area (Å²) >= 11 is 1.89. The number of hydrogen-bond acceptors (Lipinski definition) is 4.